The van der Waals surface area contributed by atoms with Gasteiger partial charge in [-0.2, -0.15) is 8.78 Å². The number of halogens is 2. The minimum absolute atomic E-state index is 0.105. The molecule has 1 aromatic rings. The summed E-state index contributed by atoms with van der Waals surface area (Å²) in [5.74, 6) is 0.217. The maximum atomic E-state index is 12.3. The van der Waals surface area contributed by atoms with Crippen LogP contribution in [0.4, 0.5) is 8.78 Å². The fraction of sp³-hybridized carbons (Fsp3) is 0.467. The molecule has 0 amide bonds. The fourth-order valence-electron chi connectivity index (χ4n) is 2.50. The highest BCUT2D eigenvalue weighted by Crippen LogP contribution is 2.32. The fourth-order valence-corrected chi connectivity index (χ4v) is 2.50. The van der Waals surface area contributed by atoms with Gasteiger partial charge in [-0.25, -0.2) is 0 Å². The largest absolute Gasteiger partial charge is 0.435 e. The highest BCUT2D eigenvalue weighted by Gasteiger charge is 2.18. The lowest BCUT2D eigenvalue weighted by atomic mass is 9.98. The average Bonchev–Trinajstić information content (AvgIpc) is 2.89. The highest BCUT2D eigenvalue weighted by atomic mass is 19.3. The van der Waals surface area contributed by atoms with Crippen LogP contribution < -0.4 is 10.1 Å². The van der Waals surface area contributed by atoms with Gasteiger partial charge >= 0.3 is 6.61 Å². The Labute approximate surface area is 112 Å². The Morgan fingerprint density at radius 1 is 1.37 bits per heavy atom. The van der Waals surface area contributed by atoms with Crippen LogP contribution in [0.25, 0.3) is 0 Å². The predicted octanol–water partition coefficient (Wildman–Crippen LogP) is 4.05. The van der Waals surface area contributed by atoms with Gasteiger partial charge in [-0.15, -0.1) is 0 Å². The molecule has 0 spiro atoms. The van der Waals surface area contributed by atoms with E-state index in [0.717, 1.165) is 24.9 Å². The Bertz CT molecular complexity index is 446. The van der Waals surface area contributed by atoms with Gasteiger partial charge in [0.25, 0.3) is 0 Å². The molecule has 1 atom stereocenters. The highest BCUT2D eigenvalue weighted by molar-refractivity contribution is 5.35. The molecule has 0 saturated carbocycles. The molecule has 0 fully saturated rings. The van der Waals surface area contributed by atoms with Gasteiger partial charge in [0.2, 0.25) is 0 Å². The number of alkyl halides is 2. The lowest BCUT2D eigenvalue weighted by Crippen LogP contribution is -2.22. The number of rotatable bonds is 6. The lowest BCUT2D eigenvalue weighted by Gasteiger charge is -2.20. The van der Waals surface area contributed by atoms with E-state index in [1.165, 1.54) is 12.0 Å². The first kappa shape index (κ1) is 14.0. The normalized spacial score (nSPS) is 16.5. The van der Waals surface area contributed by atoms with Crippen LogP contribution in [-0.4, -0.2) is 13.2 Å². The maximum Gasteiger partial charge on any atom is 0.387 e. The molecule has 1 N–H and O–H groups in total. The van der Waals surface area contributed by atoms with Crippen LogP contribution in [0.3, 0.4) is 0 Å². The molecule has 2 rings (SSSR count). The number of allylic oxidation sites excluding steroid dienone is 1. The van der Waals surface area contributed by atoms with Gasteiger partial charge in [0.1, 0.15) is 5.75 Å². The zero-order valence-corrected chi connectivity index (χ0v) is 11.0. The van der Waals surface area contributed by atoms with Crippen molar-refractivity contribution in [3.05, 3.63) is 41.5 Å². The SMILES string of the molecule is CCNC(C1=CCCC1)c1cccc(OC(F)F)c1. The summed E-state index contributed by atoms with van der Waals surface area (Å²) >= 11 is 0. The van der Waals surface area contributed by atoms with E-state index in [0.29, 0.717) is 0 Å². The van der Waals surface area contributed by atoms with Crippen LogP contribution in [0, 0.1) is 0 Å². The van der Waals surface area contributed by atoms with E-state index in [-0.39, 0.29) is 11.8 Å². The molecule has 0 saturated heterocycles. The van der Waals surface area contributed by atoms with E-state index in [1.54, 1.807) is 18.2 Å². The number of hydrogen-bond donors (Lipinski definition) is 1. The molecule has 1 aliphatic carbocycles. The Hall–Kier alpha value is -1.42. The zero-order chi connectivity index (χ0) is 13.7. The van der Waals surface area contributed by atoms with E-state index in [9.17, 15) is 8.78 Å². The number of ether oxygens (including phenoxy) is 1. The minimum atomic E-state index is -2.78. The Morgan fingerprint density at radius 2 is 2.21 bits per heavy atom. The molecule has 2 nitrogen and oxygen atoms in total. The molecule has 0 radical (unpaired) electrons. The van der Waals surface area contributed by atoms with Crippen molar-refractivity contribution in [2.75, 3.05) is 6.54 Å². The summed E-state index contributed by atoms with van der Waals surface area (Å²) in [6.45, 7) is 0.0998. The molecular weight excluding hydrogens is 248 g/mol. The van der Waals surface area contributed by atoms with Crippen molar-refractivity contribution in [2.45, 2.75) is 38.8 Å². The van der Waals surface area contributed by atoms with E-state index in [1.807, 2.05) is 13.0 Å². The van der Waals surface area contributed by atoms with Crippen LogP contribution in [0.15, 0.2) is 35.9 Å². The van der Waals surface area contributed by atoms with Crippen LogP contribution in [0.2, 0.25) is 0 Å². The van der Waals surface area contributed by atoms with Gasteiger partial charge in [0.05, 0.1) is 6.04 Å². The summed E-state index contributed by atoms with van der Waals surface area (Å²) in [4.78, 5) is 0. The summed E-state index contributed by atoms with van der Waals surface area (Å²) in [5.41, 5.74) is 2.32. The smallest absolute Gasteiger partial charge is 0.387 e. The third-order valence-electron chi connectivity index (χ3n) is 3.27. The third kappa shape index (κ3) is 3.77. The zero-order valence-electron chi connectivity index (χ0n) is 11.0. The maximum absolute atomic E-state index is 12.3. The number of nitrogens with one attached hydrogen (secondary N) is 1. The topological polar surface area (TPSA) is 21.3 Å². The molecule has 104 valence electrons. The Morgan fingerprint density at radius 3 is 2.84 bits per heavy atom. The number of likely N-dealkylation sites (N-methyl/N-ethyl adjacent to an activating group) is 1. The molecule has 1 aromatic carbocycles. The van der Waals surface area contributed by atoms with Crippen molar-refractivity contribution in [2.24, 2.45) is 0 Å². The number of benzene rings is 1. The molecule has 0 aromatic heterocycles. The first-order valence-corrected chi connectivity index (χ1v) is 6.67. The van der Waals surface area contributed by atoms with Gasteiger partial charge in [-0.1, -0.05) is 30.7 Å². The molecule has 1 aliphatic rings. The van der Waals surface area contributed by atoms with E-state index >= 15 is 0 Å². The average molecular weight is 267 g/mol. The quantitative estimate of drug-likeness (QED) is 0.785. The lowest BCUT2D eigenvalue weighted by molar-refractivity contribution is -0.0498. The molecule has 0 aliphatic heterocycles. The van der Waals surface area contributed by atoms with Gasteiger partial charge in [-0.3, -0.25) is 0 Å². The molecule has 1 unspecified atom stereocenters. The van der Waals surface area contributed by atoms with E-state index in [2.05, 4.69) is 16.1 Å². The summed E-state index contributed by atoms with van der Waals surface area (Å²) in [6, 6.07) is 7.06. The molecule has 4 heteroatoms. The van der Waals surface area contributed by atoms with Gasteiger partial charge in [0, 0.05) is 0 Å². The van der Waals surface area contributed by atoms with Gasteiger partial charge in [0.15, 0.2) is 0 Å². The first-order valence-electron chi connectivity index (χ1n) is 6.67. The third-order valence-corrected chi connectivity index (χ3v) is 3.27. The monoisotopic (exact) mass is 267 g/mol. The second-order valence-corrected chi connectivity index (χ2v) is 4.61. The Kier molecular flexibility index (Phi) is 4.91. The Balaban J connectivity index is 2.20. The van der Waals surface area contributed by atoms with Crippen LogP contribution in [-0.2, 0) is 0 Å². The van der Waals surface area contributed by atoms with Crippen LogP contribution >= 0.6 is 0 Å². The number of hydrogen-bond acceptors (Lipinski definition) is 2. The van der Waals surface area contributed by atoms with E-state index < -0.39 is 6.61 Å². The first-order chi connectivity index (χ1) is 9.20. The second kappa shape index (κ2) is 6.66. The van der Waals surface area contributed by atoms with E-state index in [4.69, 9.17) is 0 Å². The van der Waals surface area contributed by atoms with Crippen molar-refractivity contribution < 1.29 is 13.5 Å². The molecule has 0 heterocycles. The second-order valence-electron chi connectivity index (χ2n) is 4.61. The summed E-state index contributed by atoms with van der Waals surface area (Å²) in [5, 5.41) is 3.41. The standard InChI is InChI=1S/C15H19F2NO/c1-2-18-14(11-6-3-4-7-11)12-8-5-9-13(10-12)19-15(16)17/h5-6,8-10,14-15,18H,2-4,7H2,1H3. The van der Waals surface area contributed by atoms with Crippen LogP contribution in [0.1, 0.15) is 37.8 Å². The summed E-state index contributed by atoms with van der Waals surface area (Å²) in [7, 11) is 0. The van der Waals surface area contributed by atoms with Gasteiger partial charge < -0.3 is 10.1 Å². The molecular formula is C15H19F2NO. The van der Waals surface area contributed by atoms with Crippen molar-refractivity contribution in [1.29, 1.82) is 0 Å². The minimum Gasteiger partial charge on any atom is -0.435 e. The predicted molar refractivity (Wildman–Crippen MR) is 71.4 cm³/mol. The summed E-state index contributed by atoms with van der Waals surface area (Å²) in [6.07, 6.45) is 5.58. The van der Waals surface area contributed by atoms with Crippen molar-refractivity contribution >= 4 is 0 Å². The molecule has 0 bridgehead atoms. The van der Waals surface area contributed by atoms with Crippen molar-refractivity contribution in [3.63, 3.8) is 0 Å². The van der Waals surface area contributed by atoms with Gasteiger partial charge in [-0.05, 0) is 43.5 Å². The van der Waals surface area contributed by atoms with Crippen molar-refractivity contribution in [3.8, 4) is 5.75 Å². The van der Waals surface area contributed by atoms with Crippen molar-refractivity contribution in [1.82, 2.24) is 5.32 Å². The summed E-state index contributed by atoms with van der Waals surface area (Å²) < 4.78 is 29.0. The molecule has 19 heavy (non-hydrogen) atoms. The van der Waals surface area contributed by atoms with Crippen LogP contribution in [0.5, 0.6) is 5.75 Å².